The van der Waals surface area contributed by atoms with Crippen molar-refractivity contribution in [3.05, 3.63) is 31.9 Å². The number of rotatable bonds is 4. The number of ether oxygens (including phenoxy) is 1. The second kappa shape index (κ2) is 6.51. The predicted molar refractivity (Wildman–Crippen MR) is 81.2 cm³/mol. The standard InChI is InChI=1S/C13H17IN2O3/c14-10-5-6-13(11(7-10)16(17)18)19-12-4-2-1-3-9(12)8-15/h5-7,9,12H,1-4,8,15H2. The van der Waals surface area contributed by atoms with Crippen LogP contribution in [0.2, 0.25) is 0 Å². The normalized spacial score (nSPS) is 23.1. The summed E-state index contributed by atoms with van der Waals surface area (Å²) in [5.74, 6) is 0.656. The smallest absolute Gasteiger partial charge is 0.311 e. The fraction of sp³-hybridized carbons (Fsp3) is 0.538. The van der Waals surface area contributed by atoms with Crippen molar-refractivity contribution < 1.29 is 9.66 Å². The van der Waals surface area contributed by atoms with Crippen LogP contribution in [0.4, 0.5) is 5.69 Å². The topological polar surface area (TPSA) is 78.4 Å². The van der Waals surface area contributed by atoms with E-state index in [-0.39, 0.29) is 11.8 Å². The quantitative estimate of drug-likeness (QED) is 0.498. The molecule has 1 aliphatic carbocycles. The van der Waals surface area contributed by atoms with Crippen LogP contribution in [-0.2, 0) is 0 Å². The molecule has 0 spiro atoms. The van der Waals surface area contributed by atoms with Crippen LogP contribution < -0.4 is 10.5 Å². The molecule has 1 saturated carbocycles. The first kappa shape index (κ1) is 14.5. The minimum atomic E-state index is -0.391. The van der Waals surface area contributed by atoms with Gasteiger partial charge in [-0.25, -0.2) is 0 Å². The Morgan fingerprint density at radius 1 is 1.42 bits per heavy atom. The largest absolute Gasteiger partial charge is 0.483 e. The number of nitrogens with zero attached hydrogens (tertiary/aromatic N) is 1. The van der Waals surface area contributed by atoms with E-state index in [1.165, 1.54) is 6.07 Å². The Labute approximate surface area is 125 Å². The Bertz CT molecular complexity index is 467. The summed E-state index contributed by atoms with van der Waals surface area (Å²) in [7, 11) is 0. The molecule has 0 heterocycles. The number of benzene rings is 1. The molecule has 1 fully saturated rings. The average Bonchev–Trinajstić information content (AvgIpc) is 2.41. The molecular formula is C13H17IN2O3. The highest BCUT2D eigenvalue weighted by molar-refractivity contribution is 14.1. The molecular weight excluding hydrogens is 359 g/mol. The van der Waals surface area contributed by atoms with Crippen LogP contribution in [0.5, 0.6) is 5.75 Å². The number of nitro benzene ring substituents is 1. The molecule has 2 N–H and O–H groups in total. The van der Waals surface area contributed by atoms with Crippen LogP contribution in [0, 0.1) is 19.6 Å². The van der Waals surface area contributed by atoms with Crippen LogP contribution in [0.25, 0.3) is 0 Å². The van der Waals surface area contributed by atoms with Crippen molar-refractivity contribution in [3.63, 3.8) is 0 Å². The lowest BCUT2D eigenvalue weighted by Gasteiger charge is -2.30. The van der Waals surface area contributed by atoms with Gasteiger partial charge in [0.15, 0.2) is 5.75 Å². The summed E-state index contributed by atoms with van der Waals surface area (Å²) in [5, 5.41) is 11.1. The van der Waals surface area contributed by atoms with Crippen LogP contribution in [-0.4, -0.2) is 17.6 Å². The SMILES string of the molecule is NCC1CCCCC1Oc1ccc(I)cc1[N+](=O)[O-]. The molecule has 2 atom stereocenters. The summed E-state index contributed by atoms with van der Waals surface area (Å²) in [4.78, 5) is 10.7. The zero-order valence-corrected chi connectivity index (χ0v) is 12.7. The maximum absolute atomic E-state index is 11.1. The highest BCUT2D eigenvalue weighted by atomic mass is 127. The minimum Gasteiger partial charge on any atom is -0.483 e. The van der Waals surface area contributed by atoms with E-state index in [2.05, 4.69) is 22.6 Å². The first-order chi connectivity index (χ1) is 9.11. The van der Waals surface area contributed by atoms with Gasteiger partial charge in [-0.05, 0) is 60.5 Å². The van der Waals surface area contributed by atoms with Gasteiger partial charge in [-0.1, -0.05) is 6.42 Å². The van der Waals surface area contributed by atoms with Crippen LogP contribution in [0.1, 0.15) is 25.7 Å². The molecule has 2 rings (SSSR count). The lowest BCUT2D eigenvalue weighted by molar-refractivity contribution is -0.386. The average molecular weight is 376 g/mol. The number of nitro groups is 1. The molecule has 0 radical (unpaired) electrons. The minimum absolute atomic E-state index is 0.00230. The molecule has 0 amide bonds. The Morgan fingerprint density at radius 2 is 2.16 bits per heavy atom. The van der Waals surface area contributed by atoms with Gasteiger partial charge >= 0.3 is 5.69 Å². The molecule has 1 aromatic rings. The van der Waals surface area contributed by atoms with Crippen molar-refractivity contribution in [2.45, 2.75) is 31.8 Å². The van der Waals surface area contributed by atoms with Gasteiger partial charge in [0.25, 0.3) is 0 Å². The first-order valence-electron chi connectivity index (χ1n) is 6.42. The van der Waals surface area contributed by atoms with Crippen molar-refractivity contribution in [3.8, 4) is 5.75 Å². The van der Waals surface area contributed by atoms with E-state index in [9.17, 15) is 10.1 Å². The molecule has 2 unspecified atom stereocenters. The van der Waals surface area contributed by atoms with Crippen LogP contribution >= 0.6 is 22.6 Å². The third-order valence-corrected chi connectivity index (χ3v) is 4.21. The van der Waals surface area contributed by atoms with Crippen molar-refractivity contribution in [1.82, 2.24) is 0 Å². The van der Waals surface area contributed by atoms with Gasteiger partial charge in [-0.2, -0.15) is 0 Å². The molecule has 5 nitrogen and oxygen atoms in total. The maximum Gasteiger partial charge on any atom is 0.311 e. The van der Waals surface area contributed by atoms with E-state index >= 15 is 0 Å². The molecule has 6 heteroatoms. The monoisotopic (exact) mass is 376 g/mol. The van der Waals surface area contributed by atoms with E-state index in [0.29, 0.717) is 18.2 Å². The molecule has 19 heavy (non-hydrogen) atoms. The molecule has 0 aromatic heterocycles. The fourth-order valence-electron chi connectivity index (χ4n) is 2.49. The first-order valence-corrected chi connectivity index (χ1v) is 7.50. The lowest BCUT2D eigenvalue weighted by atomic mass is 9.86. The number of nitrogens with two attached hydrogens (primary N) is 1. The van der Waals surface area contributed by atoms with Crippen LogP contribution in [0.3, 0.4) is 0 Å². The molecule has 1 aliphatic rings. The van der Waals surface area contributed by atoms with E-state index in [0.717, 1.165) is 29.3 Å². The van der Waals surface area contributed by atoms with E-state index in [1.54, 1.807) is 6.07 Å². The van der Waals surface area contributed by atoms with E-state index in [1.807, 2.05) is 6.07 Å². The summed E-state index contributed by atoms with van der Waals surface area (Å²) in [6.45, 7) is 0.572. The summed E-state index contributed by atoms with van der Waals surface area (Å²) in [6.07, 6.45) is 4.22. The fourth-order valence-corrected chi connectivity index (χ4v) is 2.97. The Kier molecular flexibility index (Phi) is 4.98. The second-order valence-corrected chi connectivity index (χ2v) is 6.05. The molecule has 0 bridgehead atoms. The molecule has 0 saturated heterocycles. The summed E-state index contributed by atoms with van der Waals surface area (Å²) < 4.78 is 6.71. The predicted octanol–water partition coefficient (Wildman–Crippen LogP) is 3.10. The van der Waals surface area contributed by atoms with Crippen molar-refractivity contribution in [2.24, 2.45) is 11.7 Å². The Hall–Kier alpha value is -0.890. The van der Waals surface area contributed by atoms with Gasteiger partial charge in [0.1, 0.15) is 6.10 Å². The molecule has 1 aromatic carbocycles. The summed E-state index contributed by atoms with van der Waals surface area (Å²) >= 11 is 2.06. The molecule has 104 valence electrons. The van der Waals surface area contributed by atoms with Gasteiger partial charge in [0.05, 0.1) is 4.92 Å². The third kappa shape index (κ3) is 3.56. The van der Waals surface area contributed by atoms with E-state index in [4.69, 9.17) is 10.5 Å². The van der Waals surface area contributed by atoms with Gasteiger partial charge in [0.2, 0.25) is 0 Å². The second-order valence-electron chi connectivity index (χ2n) is 4.81. The Balaban J connectivity index is 2.20. The highest BCUT2D eigenvalue weighted by Gasteiger charge is 2.28. The van der Waals surface area contributed by atoms with Gasteiger partial charge in [0, 0.05) is 15.6 Å². The number of hydrogen-bond acceptors (Lipinski definition) is 4. The summed E-state index contributed by atoms with van der Waals surface area (Å²) in [5.41, 5.74) is 5.79. The van der Waals surface area contributed by atoms with Crippen molar-refractivity contribution >= 4 is 28.3 Å². The maximum atomic E-state index is 11.1. The number of halogens is 1. The van der Waals surface area contributed by atoms with Gasteiger partial charge in [-0.15, -0.1) is 0 Å². The third-order valence-electron chi connectivity index (χ3n) is 3.54. The van der Waals surface area contributed by atoms with E-state index < -0.39 is 4.92 Å². The van der Waals surface area contributed by atoms with Crippen molar-refractivity contribution in [1.29, 1.82) is 0 Å². The molecule has 0 aliphatic heterocycles. The van der Waals surface area contributed by atoms with Gasteiger partial charge in [-0.3, -0.25) is 10.1 Å². The van der Waals surface area contributed by atoms with Crippen molar-refractivity contribution in [2.75, 3.05) is 6.54 Å². The Morgan fingerprint density at radius 3 is 2.84 bits per heavy atom. The highest BCUT2D eigenvalue weighted by Crippen LogP contribution is 2.33. The zero-order valence-electron chi connectivity index (χ0n) is 10.5. The zero-order chi connectivity index (χ0) is 13.8. The number of hydrogen-bond donors (Lipinski definition) is 1. The van der Waals surface area contributed by atoms with Crippen LogP contribution in [0.15, 0.2) is 18.2 Å². The van der Waals surface area contributed by atoms with Gasteiger partial charge < -0.3 is 10.5 Å². The lowest BCUT2D eigenvalue weighted by Crippen LogP contribution is -2.35. The summed E-state index contributed by atoms with van der Waals surface area (Å²) in [6, 6.07) is 5.04.